The molecule has 208 valence electrons. The number of benzene rings is 3. The van der Waals surface area contributed by atoms with Gasteiger partial charge in [-0.15, -0.1) is 0 Å². The number of carbonyl (C=O) groups excluding carboxylic acids is 1. The molecule has 7 heteroatoms. The van der Waals surface area contributed by atoms with Crippen LogP contribution >= 0.6 is 0 Å². The first kappa shape index (κ1) is 27.3. The zero-order valence-electron chi connectivity index (χ0n) is 23.7. The molecule has 0 saturated heterocycles. The summed E-state index contributed by atoms with van der Waals surface area (Å²) in [6.45, 7) is 6.68. The van der Waals surface area contributed by atoms with E-state index in [9.17, 15) is 9.59 Å². The van der Waals surface area contributed by atoms with E-state index < -0.39 is 6.04 Å². The molecule has 5 rings (SSSR count). The van der Waals surface area contributed by atoms with Crippen LogP contribution in [0.15, 0.2) is 63.8 Å². The average molecular weight is 542 g/mol. The summed E-state index contributed by atoms with van der Waals surface area (Å²) < 4.78 is 23.2. The summed E-state index contributed by atoms with van der Waals surface area (Å²) in [5.41, 5.74) is 3.80. The second-order valence-corrected chi connectivity index (χ2v) is 10.2. The molecule has 0 radical (unpaired) electrons. The lowest BCUT2D eigenvalue weighted by atomic mass is 9.97. The molecule has 0 aliphatic carbocycles. The molecular formula is C33H35NO6. The normalized spacial score (nSPS) is 14.5. The number of rotatable bonds is 10. The number of anilines is 1. The molecule has 0 saturated carbocycles. The van der Waals surface area contributed by atoms with Crippen molar-refractivity contribution in [2.45, 2.75) is 52.5 Å². The predicted octanol–water partition coefficient (Wildman–Crippen LogP) is 7.14. The van der Waals surface area contributed by atoms with Gasteiger partial charge in [-0.25, -0.2) is 0 Å². The third-order valence-corrected chi connectivity index (χ3v) is 7.60. The van der Waals surface area contributed by atoms with Gasteiger partial charge >= 0.3 is 0 Å². The molecule has 1 amide bonds. The first-order chi connectivity index (χ1) is 19.4. The molecule has 1 atom stereocenters. The Balaban J connectivity index is 1.64. The van der Waals surface area contributed by atoms with Gasteiger partial charge in [0, 0.05) is 5.69 Å². The Kier molecular flexibility index (Phi) is 7.83. The molecule has 1 aliphatic rings. The van der Waals surface area contributed by atoms with Crippen molar-refractivity contribution in [3.63, 3.8) is 0 Å². The van der Waals surface area contributed by atoms with Crippen molar-refractivity contribution in [1.82, 2.24) is 0 Å². The highest BCUT2D eigenvalue weighted by Gasteiger charge is 2.44. The maximum atomic E-state index is 14.0. The van der Waals surface area contributed by atoms with Crippen molar-refractivity contribution < 1.29 is 23.4 Å². The van der Waals surface area contributed by atoms with Crippen LogP contribution in [0.1, 0.15) is 71.5 Å². The fraction of sp³-hybridized carbons (Fsp3) is 0.333. The van der Waals surface area contributed by atoms with Crippen molar-refractivity contribution in [3.05, 3.63) is 92.8 Å². The van der Waals surface area contributed by atoms with Gasteiger partial charge in [0.15, 0.2) is 16.9 Å². The number of fused-ring (bicyclic) bond motifs is 2. The summed E-state index contributed by atoms with van der Waals surface area (Å²) in [6, 6.07) is 15.7. The average Bonchev–Trinajstić information content (AvgIpc) is 3.26. The Morgan fingerprint density at radius 1 is 0.850 bits per heavy atom. The molecule has 3 aromatic carbocycles. The highest BCUT2D eigenvalue weighted by Crippen LogP contribution is 2.43. The number of unbranched alkanes of at least 4 members (excludes halogenated alkanes) is 3. The Labute approximate surface area is 234 Å². The fourth-order valence-corrected chi connectivity index (χ4v) is 5.24. The number of ether oxygens (including phenoxy) is 3. The highest BCUT2D eigenvalue weighted by molar-refractivity contribution is 6.10. The van der Waals surface area contributed by atoms with Gasteiger partial charge < -0.3 is 18.6 Å². The van der Waals surface area contributed by atoms with Gasteiger partial charge in [-0.05, 0) is 85.5 Å². The van der Waals surface area contributed by atoms with E-state index in [1.807, 2.05) is 44.2 Å². The minimum absolute atomic E-state index is 0.0526. The molecule has 4 aromatic rings. The number of amides is 1. The molecule has 0 N–H and O–H groups in total. The topological polar surface area (TPSA) is 78.2 Å². The van der Waals surface area contributed by atoms with Gasteiger partial charge in [0.25, 0.3) is 5.91 Å². The van der Waals surface area contributed by atoms with Gasteiger partial charge in [-0.3, -0.25) is 14.5 Å². The van der Waals surface area contributed by atoms with E-state index >= 15 is 0 Å². The Morgan fingerprint density at radius 3 is 2.30 bits per heavy atom. The summed E-state index contributed by atoms with van der Waals surface area (Å²) >= 11 is 0. The molecular weight excluding hydrogens is 506 g/mol. The molecule has 7 nitrogen and oxygen atoms in total. The zero-order valence-corrected chi connectivity index (χ0v) is 23.7. The molecule has 0 fully saturated rings. The van der Waals surface area contributed by atoms with Crippen LogP contribution in [-0.2, 0) is 0 Å². The van der Waals surface area contributed by atoms with E-state index in [1.54, 1.807) is 43.4 Å². The number of carbonyl (C=O) groups is 1. The second-order valence-electron chi connectivity index (χ2n) is 10.2. The van der Waals surface area contributed by atoms with E-state index in [1.165, 1.54) is 6.42 Å². The van der Waals surface area contributed by atoms with E-state index in [2.05, 4.69) is 6.92 Å². The molecule has 1 aliphatic heterocycles. The maximum absolute atomic E-state index is 14.0. The first-order valence-corrected chi connectivity index (χ1v) is 13.7. The summed E-state index contributed by atoms with van der Waals surface area (Å²) in [4.78, 5) is 29.6. The van der Waals surface area contributed by atoms with Crippen LogP contribution in [0.3, 0.4) is 0 Å². The number of hydrogen-bond acceptors (Lipinski definition) is 6. The smallest absolute Gasteiger partial charge is 0.295 e. The van der Waals surface area contributed by atoms with Crippen LogP contribution in [0.2, 0.25) is 0 Å². The van der Waals surface area contributed by atoms with Crippen LogP contribution in [0, 0.1) is 13.8 Å². The van der Waals surface area contributed by atoms with E-state index in [-0.39, 0.29) is 17.1 Å². The van der Waals surface area contributed by atoms with Crippen LogP contribution in [0.5, 0.6) is 17.2 Å². The Bertz CT molecular complexity index is 1600. The highest BCUT2D eigenvalue weighted by atomic mass is 16.5. The third-order valence-electron chi connectivity index (χ3n) is 7.60. The molecule has 2 heterocycles. The van der Waals surface area contributed by atoms with Gasteiger partial charge in [-0.1, -0.05) is 32.3 Å². The van der Waals surface area contributed by atoms with Crippen LogP contribution in [0.4, 0.5) is 5.69 Å². The van der Waals surface area contributed by atoms with E-state index in [0.29, 0.717) is 51.6 Å². The maximum Gasteiger partial charge on any atom is 0.295 e. The largest absolute Gasteiger partial charge is 0.497 e. The fourth-order valence-electron chi connectivity index (χ4n) is 5.24. The lowest BCUT2D eigenvalue weighted by Gasteiger charge is -2.26. The Morgan fingerprint density at radius 2 is 1.60 bits per heavy atom. The van der Waals surface area contributed by atoms with Crippen molar-refractivity contribution in [2.24, 2.45) is 0 Å². The third kappa shape index (κ3) is 4.92. The number of hydrogen-bond donors (Lipinski definition) is 0. The molecule has 40 heavy (non-hydrogen) atoms. The van der Waals surface area contributed by atoms with Gasteiger partial charge in [0.2, 0.25) is 5.76 Å². The van der Waals surface area contributed by atoms with Crippen molar-refractivity contribution >= 4 is 22.6 Å². The van der Waals surface area contributed by atoms with Crippen LogP contribution in [0.25, 0.3) is 11.0 Å². The number of methoxy groups -OCH3 is 2. The van der Waals surface area contributed by atoms with Crippen molar-refractivity contribution in [3.8, 4) is 17.2 Å². The Hall–Kier alpha value is -4.26. The summed E-state index contributed by atoms with van der Waals surface area (Å²) in [7, 11) is 3.18. The van der Waals surface area contributed by atoms with Crippen LogP contribution in [-0.4, -0.2) is 26.7 Å². The lowest BCUT2D eigenvalue weighted by molar-refractivity contribution is 0.0971. The monoisotopic (exact) mass is 541 g/mol. The predicted molar refractivity (Wildman–Crippen MR) is 156 cm³/mol. The van der Waals surface area contributed by atoms with E-state index in [0.717, 1.165) is 30.4 Å². The van der Waals surface area contributed by atoms with Crippen molar-refractivity contribution in [2.75, 3.05) is 25.7 Å². The van der Waals surface area contributed by atoms with Gasteiger partial charge in [-0.2, -0.15) is 0 Å². The standard InChI is InChI=1S/C33H35NO6/c1-6-7-8-9-16-39-26-15-10-22(19-28(26)38-5)30-29-31(35)25-17-20(2)21(3)18-27(25)40-32(29)33(36)34(30)23-11-13-24(37-4)14-12-23/h10-15,17-19,30H,6-9,16H2,1-5H3. The SMILES string of the molecule is CCCCCCOc1ccc(C2c3c(oc4cc(C)c(C)cc4c3=O)C(=O)N2c2ccc(OC)cc2)cc1OC. The molecule has 1 unspecified atom stereocenters. The summed E-state index contributed by atoms with van der Waals surface area (Å²) in [5, 5.41) is 0.454. The molecule has 0 spiro atoms. The van der Waals surface area contributed by atoms with Gasteiger partial charge in [0.05, 0.1) is 37.8 Å². The molecule has 0 bridgehead atoms. The minimum atomic E-state index is -0.717. The summed E-state index contributed by atoms with van der Waals surface area (Å²) in [6.07, 6.45) is 4.40. The van der Waals surface area contributed by atoms with Gasteiger partial charge in [0.1, 0.15) is 11.3 Å². The zero-order chi connectivity index (χ0) is 28.4. The summed E-state index contributed by atoms with van der Waals surface area (Å²) in [5.74, 6) is 1.51. The van der Waals surface area contributed by atoms with Crippen molar-refractivity contribution in [1.29, 1.82) is 0 Å². The number of aryl methyl sites for hydroxylation is 2. The molecule has 1 aromatic heterocycles. The minimum Gasteiger partial charge on any atom is -0.497 e. The second kappa shape index (κ2) is 11.5. The van der Waals surface area contributed by atoms with E-state index in [4.69, 9.17) is 18.6 Å². The van der Waals surface area contributed by atoms with Crippen LogP contribution < -0.4 is 24.5 Å². The quantitative estimate of drug-likeness (QED) is 0.199. The number of nitrogens with zero attached hydrogens (tertiary/aromatic N) is 1. The first-order valence-electron chi connectivity index (χ1n) is 13.7. The lowest BCUT2D eigenvalue weighted by Crippen LogP contribution is -2.29.